The Kier molecular flexibility index (Phi) is 2.43. The van der Waals surface area contributed by atoms with E-state index >= 15 is 0 Å². The molecule has 0 heterocycles. The lowest BCUT2D eigenvalue weighted by molar-refractivity contribution is 0.734. The predicted octanol–water partition coefficient (Wildman–Crippen LogP) is 2.21. The summed E-state index contributed by atoms with van der Waals surface area (Å²) in [5, 5.41) is 0. The summed E-state index contributed by atoms with van der Waals surface area (Å²) in [5.74, 6) is 0.703. The molecule has 1 atom stereocenters. The van der Waals surface area contributed by atoms with Gasteiger partial charge in [-0.15, -0.1) is 0 Å². The van der Waals surface area contributed by atoms with Gasteiger partial charge in [-0.2, -0.15) is 0 Å². The first-order chi connectivity index (χ1) is 4.83. The molecule has 0 fully saturated rings. The molecule has 0 saturated carbocycles. The molecule has 1 rings (SSSR count). The van der Waals surface area contributed by atoms with E-state index in [-0.39, 0.29) is 0 Å². The third-order valence-corrected chi connectivity index (χ3v) is 1.62. The van der Waals surface area contributed by atoms with Crippen molar-refractivity contribution < 1.29 is 0 Å². The molecule has 0 aromatic carbocycles. The highest BCUT2D eigenvalue weighted by Gasteiger charge is 1.99. The summed E-state index contributed by atoms with van der Waals surface area (Å²) in [4.78, 5) is 3.94. The molecule has 0 spiro atoms. The second-order valence-corrected chi connectivity index (χ2v) is 2.66. The van der Waals surface area contributed by atoms with Crippen molar-refractivity contribution in [3.63, 3.8) is 0 Å². The van der Waals surface area contributed by atoms with Crippen molar-refractivity contribution in [2.45, 2.75) is 13.3 Å². The highest BCUT2D eigenvalue weighted by molar-refractivity contribution is 5.82. The van der Waals surface area contributed by atoms with E-state index in [1.165, 1.54) is 5.57 Å². The lowest BCUT2D eigenvalue weighted by Crippen LogP contribution is -1.94. The molecule has 0 amide bonds. The molecule has 0 radical (unpaired) electrons. The number of hydrogen-bond donors (Lipinski definition) is 0. The summed E-state index contributed by atoms with van der Waals surface area (Å²) in [6, 6.07) is 0. The van der Waals surface area contributed by atoms with E-state index in [1.54, 1.807) is 7.05 Å². The van der Waals surface area contributed by atoms with Gasteiger partial charge in [0.15, 0.2) is 0 Å². The highest BCUT2D eigenvalue weighted by atomic mass is 14.6. The largest absolute Gasteiger partial charge is 0.296 e. The first kappa shape index (κ1) is 7.26. The van der Waals surface area contributed by atoms with E-state index in [0.29, 0.717) is 5.92 Å². The van der Waals surface area contributed by atoms with E-state index in [9.17, 15) is 0 Å². The van der Waals surface area contributed by atoms with Crippen LogP contribution < -0.4 is 0 Å². The molecule has 0 N–H and O–H groups in total. The zero-order chi connectivity index (χ0) is 7.40. The topological polar surface area (TPSA) is 12.4 Å². The number of allylic oxidation sites excluding steroid dienone is 4. The zero-order valence-electron chi connectivity index (χ0n) is 6.54. The zero-order valence-corrected chi connectivity index (χ0v) is 6.54. The van der Waals surface area contributed by atoms with E-state index in [2.05, 4.69) is 30.1 Å². The molecular formula is C9H13N. The third-order valence-electron chi connectivity index (χ3n) is 1.62. The summed E-state index contributed by atoms with van der Waals surface area (Å²) in [5.41, 5.74) is 1.24. The Bertz CT molecular complexity index is 187. The maximum atomic E-state index is 3.94. The van der Waals surface area contributed by atoms with Crippen molar-refractivity contribution in [2.75, 3.05) is 7.05 Å². The number of rotatable bonds is 1. The maximum absolute atomic E-state index is 3.94. The van der Waals surface area contributed by atoms with Gasteiger partial charge in [0.2, 0.25) is 0 Å². The van der Waals surface area contributed by atoms with Crippen molar-refractivity contribution in [1.82, 2.24) is 0 Å². The van der Waals surface area contributed by atoms with Gasteiger partial charge >= 0.3 is 0 Å². The Hall–Kier alpha value is -0.850. The fourth-order valence-electron chi connectivity index (χ4n) is 0.989. The van der Waals surface area contributed by atoms with Crippen LogP contribution in [0.5, 0.6) is 0 Å². The van der Waals surface area contributed by atoms with Gasteiger partial charge in [0.25, 0.3) is 0 Å². The van der Waals surface area contributed by atoms with Crippen LogP contribution in [0.4, 0.5) is 0 Å². The van der Waals surface area contributed by atoms with E-state index in [4.69, 9.17) is 0 Å². The summed E-state index contributed by atoms with van der Waals surface area (Å²) < 4.78 is 0. The van der Waals surface area contributed by atoms with Gasteiger partial charge in [0, 0.05) is 13.3 Å². The molecule has 1 aliphatic rings. The van der Waals surface area contributed by atoms with Gasteiger partial charge in [-0.3, -0.25) is 4.99 Å². The lowest BCUT2D eigenvalue weighted by atomic mass is 9.99. The van der Waals surface area contributed by atoms with Gasteiger partial charge in [-0.25, -0.2) is 0 Å². The second-order valence-electron chi connectivity index (χ2n) is 2.66. The average Bonchev–Trinajstić information content (AvgIpc) is 1.95. The van der Waals surface area contributed by atoms with Gasteiger partial charge < -0.3 is 0 Å². The Morgan fingerprint density at radius 1 is 1.70 bits per heavy atom. The van der Waals surface area contributed by atoms with Crippen LogP contribution in [0.25, 0.3) is 0 Å². The molecule has 0 aromatic rings. The molecule has 1 nitrogen and oxygen atoms in total. The van der Waals surface area contributed by atoms with Crippen LogP contribution in [0.15, 0.2) is 28.8 Å². The van der Waals surface area contributed by atoms with Crippen molar-refractivity contribution in [3.05, 3.63) is 23.8 Å². The Morgan fingerprint density at radius 2 is 2.50 bits per heavy atom. The van der Waals surface area contributed by atoms with Gasteiger partial charge in [-0.05, 0) is 17.9 Å². The first-order valence-electron chi connectivity index (χ1n) is 3.63. The molecule has 10 heavy (non-hydrogen) atoms. The fourth-order valence-corrected chi connectivity index (χ4v) is 0.989. The van der Waals surface area contributed by atoms with Crippen molar-refractivity contribution in [3.8, 4) is 0 Å². The van der Waals surface area contributed by atoms with Gasteiger partial charge in [-0.1, -0.05) is 25.2 Å². The molecule has 1 heteroatoms. The quantitative estimate of drug-likeness (QED) is 0.489. The summed E-state index contributed by atoms with van der Waals surface area (Å²) >= 11 is 0. The molecule has 0 aromatic heterocycles. The summed E-state index contributed by atoms with van der Waals surface area (Å²) in [6.07, 6.45) is 9.61. The van der Waals surface area contributed by atoms with Gasteiger partial charge in [0.05, 0.1) is 0 Å². The molecule has 0 saturated heterocycles. The Balaban J connectivity index is 2.58. The van der Waals surface area contributed by atoms with E-state index < -0.39 is 0 Å². The monoisotopic (exact) mass is 135 g/mol. The van der Waals surface area contributed by atoms with Crippen LogP contribution in [0, 0.1) is 5.92 Å². The van der Waals surface area contributed by atoms with Crippen LogP contribution in [-0.2, 0) is 0 Å². The van der Waals surface area contributed by atoms with Crippen molar-refractivity contribution in [1.29, 1.82) is 0 Å². The number of nitrogens with zero attached hydrogens (tertiary/aromatic N) is 1. The molecular weight excluding hydrogens is 122 g/mol. The first-order valence-corrected chi connectivity index (χ1v) is 3.63. The predicted molar refractivity (Wildman–Crippen MR) is 45.4 cm³/mol. The smallest absolute Gasteiger partial charge is 0.0278 e. The van der Waals surface area contributed by atoms with E-state index in [0.717, 1.165) is 6.42 Å². The average molecular weight is 135 g/mol. The summed E-state index contributed by atoms with van der Waals surface area (Å²) in [7, 11) is 1.80. The minimum atomic E-state index is 0.703. The van der Waals surface area contributed by atoms with Crippen molar-refractivity contribution >= 4 is 6.21 Å². The molecule has 1 aliphatic carbocycles. The van der Waals surface area contributed by atoms with Gasteiger partial charge in [0.1, 0.15) is 0 Å². The standard InChI is InChI=1S/C9H13N/c1-8-3-5-9(6-4-8)7-10-2/h3,5-8H,4H2,1-2H3/b10-7+. The highest BCUT2D eigenvalue weighted by Crippen LogP contribution is 2.13. The minimum Gasteiger partial charge on any atom is -0.296 e. The molecule has 0 bridgehead atoms. The maximum Gasteiger partial charge on any atom is 0.0278 e. The molecule has 54 valence electrons. The Labute approximate surface area is 62.2 Å². The van der Waals surface area contributed by atoms with Crippen molar-refractivity contribution in [2.24, 2.45) is 10.9 Å². The normalized spacial score (nSPS) is 25.4. The molecule has 1 unspecified atom stereocenters. The van der Waals surface area contributed by atoms with Crippen LogP contribution >= 0.6 is 0 Å². The Morgan fingerprint density at radius 3 is 3.00 bits per heavy atom. The number of aliphatic imine (C=N–C) groups is 1. The number of hydrogen-bond acceptors (Lipinski definition) is 1. The van der Waals surface area contributed by atoms with Crippen LogP contribution in [0.3, 0.4) is 0 Å². The van der Waals surface area contributed by atoms with Crippen LogP contribution in [0.2, 0.25) is 0 Å². The van der Waals surface area contributed by atoms with E-state index in [1.807, 2.05) is 6.21 Å². The summed E-state index contributed by atoms with van der Waals surface area (Å²) in [6.45, 7) is 2.22. The molecule has 0 aliphatic heterocycles. The SMILES string of the molecule is C/N=C/C1=CCC(C)C=C1. The lowest BCUT2D eigenvalue weighted by Gasteiger charge is -2.07. The second kappa shape index (κ2) is 3.35. The van der Waals surface area contributed by atoms with Crippen LogP contribution in [0.1, 0.15) is 13.3 Å². The van der Waals surface area contributed by atoms with Crippen LogP contribution in [-0.4, -0.2) is 13.3 Å². The third kappa shape index (κ3) is 1.83. The fraction of sp³-hybridized carbons (Fsp3) is 0.444. The minimum absolute atomic E-state index is 0.703.